The first-order chi connectivity index (χ1) is 8.23. The van der Waals surface area contributed by atoms with E-state index in [1.54, 1.807) is 0 Å². The van der Waals surface area contributed by atoms with Crippen molar-refractivity contribution in [3.8, 4) is 0 Å². The summed E-state index contributed by atoms with van der Waals surface area (Å²) >= 11 is 3.60. The van der Waals surface area contributed by atoms with Crippen LogP contribution in [0.3, 0.4) is 0 Å². The average Bonchev–Trinajstić information content (AvgIpc) is 2.18. The van der Waals surface area contributed by atoms with Crippen LogP contribution in [-0.2, 0) is 6.54 Å². The number of nitrogens with two attached hydrogens (primary N) is 1. The van der Waals surface area contributed by atoms with Crippen LogP contribution in [0.5, 0.6) is 0 Å². The molecule has 2 nitrogen and oxygen atoms in total. The summed E-state index contributed by atoms with van der Waals surface area (Å²) in [7, 11) is 2.15. The van der Waals surface area contributed by atoms with Gasteiger partial charge < -0.3 is 5.73 Å². The van der Waals surface area contributed by atoms with Gasteiger partial charge in [0, 0.05) is 23.1 Å². The van der Waals surface area contributed by atoms with Crippen molar-refractivity contribution in [1.82, 2.24) is 4.90 Å². The van der Waals surface area contributed by atoms with Gasteiger partial charge >= 0.3 is 0 Å². The highest BCUT2D eigenvalue weighted by atomic mass is 79.9. The largest absolute Gasteiger partial charge is 0.327 e. The fourth-order valence-electron chi connectivity index (χ4n) is 2.84. The van der Waals surface area contributed by atoms with Crippen molar-refractivity contribution in [2.45, 2.75) is 46.3 Å². The molecular formula is C15H25BrN2. The lowest BCUT2D eigenvalue weighted by Crippen LogP contribution is -2.51. The Morgan fingerprint density at radius 1 is 1.28 bits per heavy atom. The molecule has 1 aromatic carbocycles. The molecule has 102 valence electrons. The van der Waals surface area contributed by atoms with Crippen molar-refractivity contribution in [3.63, 3.8) is 0 Å². The van der Waals surface area contributed by atoms with Crippen LogP contribution in [0.25, 0.3) is 0 Å². The summed E-state index contributed by atoms with van der Waals surface area (Å²) in [4.78, 5) is 2.35. The van der Waals surface area contributed by atoms with Gasteiger partial charge in [0.25, 0.3) is 0 Å². The highest BCUT2D eigenvalue weighted by Crippen LogP contribution is 2.28. The molecule has 0 fully saturated rings. The van der Waals surface area contributed by atoms with Crippen molar-refractivity contribution in [1.29, 1.82) is 0 Å². The zero-order valence-corrected chi connectivity index (χ0v) is 13.7. The molecule has 0 saturated heterocycles. The second-order valence-corrected chi connectivity index (χ2v) is 7.03. The van der Waals surface area contributed by atoms with E-state index in [4.69, 9.17) is 5.73 Å². The van der Waals surface area contributed by atoms with Crippen LogP contribution in [0.4, 0.5) is 0 Å². The maximum Gasteiger partial charge on any atom is 0.0293 e. The molecule has 18 heavy (non-hydrogen) atoms. The first kappa shape index (κ1) is 15.7. The summed E-state index contributed by atoms with van der Waals surface area (Å²) in [6.45, 7) is 9.74. The molecular weight excluding hydrogens is 288 g/mol. The first-order valence-electron chi connectivity index (χ1n) is 6.42. The van der Waals surface area contributed by atoms with E-state index >= 15 is 0 Å². The molecule has 2 N–H and O–H groups in total. The molecule has 0 aliphatic rings. The minimum absolute atomic E-state index is 0.150. The molecule has 0 bridgehead atoms. The molecule has 3 heteroatoms. The Kier molecular flexibility index (Phi) is 5.38. The predicted octanol–water partition coefficient (Wildman–Crippen LogP) is 3.64. The fraction of sp³-hybridized carbons (Fsp3) is 0.600. The monoisotopic (exact) mass is 312 g/mol. The highest BCUT2D eigenvalue weighted by molar-refractivity contribution is 9.10. The number of benzene rings is 1. The summed E-state index contributed by atoms with van der Waals surface area (Å²) in [5.41, 5.74) is 7.63. The first-order valence-corrected chi connectivity index (χ1v) is 7.22. The van der Waals surface area contributed by atoms with Crippen LogP contribution in [0.1, 0.15) is 33.3 Å². The van der Waals surface area contributed by atoms with Crippen molar-refractivity contribution < 1.29 is 0 Å². The van der Waals surface area contributed by atoms with Gasteiger partial charge in [0.2, 0.25) is 0 Å². The van der Waals surface area contributed by atoms with Crippen LogP contribution < -0.4 is 5.73 Å². The Bertz CT molecular complexity index is 382. The van der Waals surface area contributed by atoms with E-state index in [0.717, 1.165) is 11.0 Å². The van der Waals surface area contributed by atoms with Crippen molar-refractivity contribution >= 4 is 15.9 Å². The normalized spacial score (nSPS) is 15.8. The molecule has 0 radical (unpaired) electrons. The smallest absolute Gasteiger partial charge is 0.0293 e. The number of hydrogen-bond acceptors (Lipinski definition) is 2. The topological polar surface area (TPSA) is 29.3 Å². The minimum atomic E-state index is 0.150. The zero-order valence-electron chi connectivity index (χ0n) is 12.1. The van der Waals surface area contributed by atoms with E-state index in [1.807, 2.05) is 6.07 Å². The maximum atomic E-state index is 6.16. The molecule has 1 rings (SSSR count). The minimum Gasteiger partial charge on any atom is -0.327 e. The van der Waals surface area contributed by atoms with Gasteiger partial charge in [-0.05, 0) is 31.0 Å². The Labute approximate surface area is 120 Å². The lowest BCUT2D eigenvalue weighted by atomic mass is 9.82. The summed E-state index contributed by atoms with van der Waals surface area (Å²) in [6.07, 6.45) is 0. The van der Waals surface area contributed by atoms with Gasteiger partial charge in [-0.25, -0.2) is 0 Å². The van der Waals surface area contributed by atoms with E-state index < -0.39 is 0 Å². The Balaban J connectivity index is 2.86. The number of nitrogens with zero attached hydrogens (tertiary/aromatic N) is 1. The molecule has 0 heterocycles. The summed E-state index contributed by atoms with van der Waals surface area (Å²) in [6, 6.07) is 8.86. The molecule has 1 aromatic rings. The van der Waals surface area contributed by atoms with E-state index in [-0.39, 0.29) is 11.5 Å². The second-order valence-electron chi connectivity index (χ2n) is 6.18. The standard InChI is InChI=1S/C15H25BrN2/c1-11(17)14(15(2,3)4)18(5)10-12-8-6-7-9-13(12)16/h6-9,11,14H,10,17H2,1-5H3. The third kappa shape index (κ3) is 4.08. The number of likely N-dealkylation sites (N-methyl/N-ethyl adjacent to an activating group) is 1. The molecule has 2 atom stereocenters. The van der Waals surface area contributed by atoms with Crippen molar-refractivity contribution in [3.05, 3.63) is 34.3 Å². The van der Waals surface area contributed by atoms with Crippen molar-refractivity contribution in [2.75, 3.05) is 7.05 Å². The van der Waals surface area contributed by atoms with E-state index in [9.17, 15) is 0 Å². The van der Waals surface area contributed by atoms with E-state index in [0.29, 0.717) is 6.04 Å². The lowest BCUT2D eigenvalue weighted by molar-refractivity contribution is 0.100. The quantitative estimate of drug-likeness (QED) is 0.919. The third-order valence-electron chi connectivity index (χ3n) is 3.24. The van der Waals surface area contributed by atoms with Gasteiger partial charge in [0.05, 0.1) is 0 Å². The number of halogens is 1. The highest BCUT2D eigenvalue weighted by Gasteiger charge is 2.31. The molecule has 0 amide bonds. The molecule has 0 aromatic heterocycles. The molecule has 0 saturated carbocycles. The summed E-state index contributed by atoms with van der Waals surface area (Å²) < 4.78 is 1.16. The molecule has 0 aliphatic heterocycles. The van der Waals surface area contributed by atoms with E-state index in [2.05, 4.69) is 73.8 Å². The molecule has 2 unspecified atom stereocenters. The van der Waals surface area contributed by atoms with Crippen LogP contribution in [-0.4, -0.2) is 24.0 Å². The fourth-order valence-corrected chi connectivity index (χ4v) is 3.26. The van der Waals surface area contributed by atoms with Crippen LogP contribution in [0, 0.1) is 5.41 Å². The van der Waals surface area contributed by atoms with Gasteiger partial charge in [-0.3, -0.25) is 4.90 Å². The summed E-state index contributed by atoms with van der Waals surface area (Å²) in [5, 5.41) is 0. The van der Waals surface area contributed by atoms with Gasteiger partial charge in [-0.2, -0.15) is 0 Å². The van der Waals surface area contributed by atoms with Crippen molar-refractivity contribution in [2.24, 2.45) is 11.1 Å². The van der Waals surface area contributed by atoms with E-state index in [1.165, 1.54) is 5.56 Å². The van der Waals surface area contributed by atoms with Gasteiger partial charge in [-0.1, -0.05) is 54.9 Å². The number of rotatable bonds is 4. The number of hydrogen-bond donors (Lipinski definition) is 1. The zero-order chi connectivity index (χ0) is 13.9. The Morgan fingerprint density at radius 3 is 2.28 bits per heavy atom. The van der Waals surface area contributed by atoms with Crippen LogP contribution in [0.2, 0.25) is 0 Å². The van der Waals surface area contributed by atoms with Crippen LogP contribution in [0.15, 0.2) is 28.7 Å². The predicted molar refractivity (Wildman–Crippen MR) is 82.5 cm³/mol. The Hall–Kier alpha value is -0.380. The van der Waals surface area contributed by atoms with Gasteiger partial charge in [0.1, 0.15) is 0 Å². The third-order valence-corrected chi connectivity index (χ3v) is 4.01. The SMILES string of the molecule is CC(N)C(N(C)Cc1ccccc1Br)C(C)(C)C. The van der Waals surface area contributed by atoms with Gasteiger partial charge in [-0.15, -0.1) is 0 Å². The van der Waals surface area contributed by atoms with Crippen LogP contribution >= 0.6 is 15.9 Å². The average molecular weight is 313 g/mol. The second kappa shape index (κ2) is 6.18. The molecule has 0 spiro atoms. The Morgan fingerprint density at radius 2 is 1.83 bits per heavy atom. The van der Waals surface area contributed by atoms with Gasteiger partial charge in [0.15, 0.2) is 0 Å². The molecule has 0 aliphatic carbocycles. The lowest BCUT2D eigenvalue weighted by Gasteiger charge is -2.41. The maximum absolute atomic E-state index is 6.16. The summed E-state index contributed by atoms with van der Waals surface area (Å²) in [5.74, 6) is 0.